The van der Waals surface area contributed by atoms with E-state index in [2.05, 4.69) is 5.32 Å². The molecule has 0 aromatic carbocycles. The van der Waals surface area contributed by atoms with Crippen molar-refractivity contribution in [1.29, 1.82) is 0 Å². The summed E-state index contributed by atoms with van der Waals surface area (Å²) in [5, 5.41) is 12.7. The van der Waals surface area contributed by atoms with E-state index < -0.39 is 6.10 Å². The molecule has 5 heteroatoms. The average Bonchev–Trinajstić information content (AvgIpc) is 2.46. The number of amides is 1. The van der Waals surface area contributed by atoms with E-state index in [4.69, 9.17) is 4.74 Å². The van der Waals surface area contributed by atoms with Crippen molar-refractivity contribution in [1.82, 2.24) is 10.2 Å². The Morgan fingerprint density at radius 1 is 1.53 bits per heavy atom. The SMILES string of the molecule is CCO[C@@H]1CN(C(=O)C2CNC2)C[C@H]1O. The number of ether oxygens (including phenoxy) is 1. The molecule has 0 saturated carbocycles. The summed E-state index contributed by atoms with van der Waals surface area (Å²) in [5.74, 6) is 0.257. The highest BCUT2D eigenvalue weighted by molar-refractivity contribution is 5.80. The van der Waals surface area contributed by atoms with E-state index in [1.165, 1.54) is 0 Å². The van der Waals surface area contributed by atoms with Gasteiger partial charge in [-0.05, 0) is 6.92 Å². The maximum Gasteiger partial charge on any atom is 0.228 e. The molecule has 2 aliphatic rings. The minimum Gasteiger partial charge on any atom is -0.388 e. The van der Waals surface area contributed by atoms with Crippen LogP contribution in [0.5, 0.6) is 0 Å². The third kappa shape index (κ3) is 2.14. The number of carbonyl (C=O) groups is 1. The van der Waals surface area contributed by atoms with E-state index in [-0.39, 0.29) is 17.9 Å². The van der Waals surface area contributed by atoms with Gasteiger partial charge in [0.2, 0.25) is 5.91 Å². The Bertz CT molecular complexity index is 243. The molecule has 5 nitrogen and oxygen atoms in total. The highest BCUT2D eigenvalue weighted by Gasteiger charge is 2.38. The Kier molecular flexibility index (Phi) is 3.23. The first kappa shape index (κ1) is 10.9. The van der Waals surface area contributed by atoms with E-state index in [0.717, 1.165) is 13.1 Å². The van der Waals surface area contributed by atoms with E-state index in [0.29, 0.717) is 19.7 Å². The molecule has 0 aromatic heterocycles. The summed E-state index contributed by atoms with van der Waals surface area (Å²) in [7, 11) is 0. The molecule has 0 unspecified atom stereocenters. The monoisotopic (exact) mass is 214 g/mol. The molecular weight excluding hydrogens is 196 g/mol. The van der Waals surface area contributed by atoms with Gasteiger partial charge in [0.25, 0.3) is 0 Å². The molecule has 2 atom stereocenters. The van der Waals surface area contributed by atoms with Crippen LogP contribution in [0.3, 0.4) is 0 Å². The number of hydrogen-bond donors (Lipinski definition) is 2. The van der Waals surface area contributed by atoms with Gasteiger partial charge >= 0.3 is 0 Å². The van der Waals surface area contributed by atoms with E-state index in [1.807, 2.05) is 6.92 Å². The summed E-state index contributed by atoms with van der Waals surface area (Å²) in [6.07, 6.45) is -0.728. The fraction of sp³-hybridized carbons (Fsp3) is 0.900. The number of carbonyl (C=O) groups excluding carboxylic acids is 1. The highest BCUT2D eigenvalue weighted by atomic mass is 16.5. The third-order valence-corrected chi connectivity index (χ3v) is 3.06. The van der Waals surface area contributed by atoms with Crippen LogP contribution in [0, 0.1) is 5.92 Å². The fourth-order valence-corrected chi connectivity index (χ4v) is 2.04. The summed E-state index contributed by atoms with van der Waals surface area (Å²) >= 11 is 0. The molecule has 2 heterocycles. The number of hydrogen-bond acceptors (Lipinski definition) is 4. The van der Waals surface area contributed by atoms with Crippen LogP contribution in [-0.4, -0.2) is 60.9 Å². The molecule has 2 fully saturated rings. The van der Waals surface area contributed by atoms with Crippen LogP contribution >= 0.6 is 0 Å². The van der Waals surface area contributed by atoms with Gasteiger partial charge in [-0.25, -0.2) is 0 Å². The molecule has 2 saturated heterocycles. The van der Waals surface area contributed by atoms with Gasteiger partial charge in [0.15, 0.2) is 0 Å². The minimum atomic E-state index is -0.526. The maximum absolute atomic E-state index is 11.8. The average molecular weight is 214 g/mol. The van der Waals surface area contributed by atoms with Crippen LogP contribution in [0.1, 0.15) is 6.92 Å². The molecule has 86 valence electrons. The quantitative estimate of drug-likeness (QED) is 0.620. The maximum atomic E-state index is 11.8. The Hall–Kier alpha value is -0.650. The third-order valence-electron chi connectivity index (χ3n) is 3.06. The molecule has 0 aromatic rings. The largest absolute Gasteiger partial charge is 0.388 e. The molecular formula is C10H18N2O3. The summed E-state index contributed by atoms with van der Waals surface area (Å²) < 4.78 is 5.37. The van der Waals surface area contributed by atoms with Crippen LogP contribution in [0.15, 0.2) is 0 Å². The summed E-state index contributed by atoms with van der Waals surface area (Å²) in [5.41, 5.74) is 0. The molecule has 2 N–H and O–H groups in total. The first-order valence-electron chi connectivity index (χ1n) is 5.51. The lowest BCUT2D eigenvalue weighted by Crippen LogP contribution is -2.51. The van der Waals surface area contributed by atoms with Crippen LogP contribution < -0.4 is 5.32 Å². The topological polar surface area (TPSA) is 61.8 Å². The Labute approximate surface area is 89.4 Å². The lowest BCUT2D eigenvalue weighted by Gasteiger charge is -2.30. The lowest BCUT2D eigenvalue weighted by atomic mass is 10.0. The van der Waals surface area contributed by atoms with Gasteiger partial charge in [-0.2, -0.15) is 0 Å². The Morgan fingerprint density at radius 2 is 2.27 bits per heavy atom. The van der Waals surface area contributed by atoms with Gasteiger partial charge < -0.3 is 20.1 Å². The summed E-state index contributed by atoms with van der Waals surface area (Å²) in [6.45, 7) is 4.96. The molecule has 2 rings (SSSR count). The Balaban J connectivity index is 1.87. The van der Waals surface area contributed by atoms with E-state index in [1.54, 1.807) is 4.90 Å². The number of nitrogens with zero attached hydrogens (tertiary/aromatic N) is 1. The van der Waals surface area contributed by atoms with Gasteiger partial charge in [0.1, 0.15) is 6.10 Å². The predicted octanol–water partition coefficient (Wildman–Crippen LogP) is -1.19. The van der Waals surface area contributed by atoms with Gasteiger partial charge in [-0.15, -0.1) is 0 Å². The minimum absolute atomic E-state index is 0.109. The van der Waals surface area contributed by atoms with E-state index >= 15 is 0 Å². The zero-order valence-electron chi connectivity index (χ0n) is 8.98. The van der Waals surface area contributed by atoms with Crippen molar-refractivity contribution in [3.63, 3.8) is 0 Å². The molecule has 0 bridgehead atoms. The van der Waals surface area contributed by atoms with Crippen molar-refractivity contribution in [2.45, 2.75) is 19.1 Å². The van der Waals surface area contributed by atoms with Crippen molar-refractivity contribution in [3.8, 4) is 0 Å². The lowest BCUT2D eigenvalue weighted by molar-refractivity contribution is -0.136. The number of β-amino-alcohol motifs (C(OH)–C–C–N with tert-alkyl or cyclic N) is 1. The van der Waals surface area contributed by atoms with E-state index in [9.17, 15) is 9.90 Å². The summed E-state index contributed by atoms with van der Waals surface area (Å²) in [4.78, 5) is 13.6. The molecule has 0 aliphatic carbocycles. The van der Waals surface area contributed by atoms with Crippen molar-refractivity contribution < 1.29 is 14.6 Å². The number of aliphatic hydroxyl groups is 1. The second-order valence-electron chi connectivity index (χ2n) is 4.16. The molecule has 2 aliphatic heterocycles. The highest BCUT2D eigenvalue weighted by Crippen LogP contribution is 2.17. The second-order valence-corrected chi connectivity index (χ2v) is 4.16. The molecule has 1 amide bonds. The number of aliphatic hydroxyl groups excluding tert-OH is 1. The van der Waals surface area contributed by atoms with Crippen molar-refractivity contribution in [2.24, 2.45) is 5.92 Å². The first-order valence-corrected chi connectivity index (χ1v) is 5.51. The molecule has 0 radical (unpaired) electrons. The number of rotatable bonds is 3. The van der Waals surface area contributed by atoms with Gasteiger partial charge in [0.05, 0.1) is 12.0 Å². The fourth-order valence-electron chi connectivity index (χ4n) is 2.04. The standard InChI is InChI=1S/C10H18N2O3/c1-2-15-9-6-12(5-8(9)13)10(14)7-3-11-4-7/h7-9,11,13H,2-6H2,1H3/t8-,9-/m1/s1. The number of nitrogens with one attached hydrogen (secondary N) is 1. The molecule has 15 heavy (non-hydrogen) atoms. The number of likely N-dealkylation sites (tertiary alicyclic amines) is 1. The smallest absolute Gasteiger partial charge is 0.228 e. The van der Waals surface area contributed by atoms with Crippen LogP contribution in [-0.2, 0) is 9.53 Å². The van der Waals surface area contributed by atoms with Crippen LogP contribution in [0.4, 0.5) is 0 Å². The van der Waals surface area contributed by atoms with Gasteiger partial charge in [0, 0.05) is 32.8 Å². The normalized spacial score (nSPS) is 31.7. The zero-order valence-corrected chi connectivity index (χ0v) is 8.98. The second kappa shape index (κ2) is 4.47. The predicted molar refractivity (Wildman–Crippen MR) is 54.4 cm³/mol. The van der Waals surface area contributed by atoms with Crippen LogP contribution in [0.25, 0.3) is 0 Å². The van der Waals surface area contributed by atoms with Crippen LogP contribution in [0.2, 0.25) is 0 Å². The summed E-state index contributed by atoms with van der Waals surface area (Å²) in [6, 6.07) is 0. The van der Waals surface area contributed by atoms with Crippen molar-refractivity contribution in [2.75, 3.05) is 32.8 Å². The van der Waals surface area contributed by atoms with Gasteiger partial charge in [-0.1, -0.05) is 0 Å². The zero-order chi connectivity index (χ0) is 10.8. The van der Waals surface area contributed by atoms with Gasteiger partial charge in [-0.3, -0.25) is 4.79 Å². The Morgan fingerprint density at radius 3 is 2.80 bits per heavy atom. The van der Waals surface area contributed by atoms with Crippen molar-refractivity contribution in [3.05, 3.63) is 0 Å². The van der Waals surface area contributed by atoms with Crippen molar-refractivity contribution >= 4 is 5.91 Å². The molecule has 0 spiro atoms. The first-order chi connectivity index (χ1) is 7.22.